The molecular formula is C18H30N2O2. The first-order valence-corrected chi connectivity index (χ1v) is 8.27. The quantitative estimate of drug-likeness (QED) is 0.875. The van der Waals surface area contributed by atoms with Crippen LogP contribution in [-0.2, 0) is 6.54 Å². The number of nitrogens with zero attached hydrogens (tertiary/aromatic N) is 2. The van der Waals surface area contributed by atoms with E-state index in [-0.39, 0.29) is 6.61 Å². The highest BCUT2D eigenvalue weighted by atomic mass is 16.5. The van der Waals surface area contributed by atoms with Crippen LogP contribution in [0.4, 0.5) is 0 Å². The Labute approximate surface area is 134 Å². The molecule has 22 heavy (non-hydrogen) atoms. The first-order chi connectivity index (χ1) is 10.5. The lowest BCUT2D eigenvalue weighted by Crippen LogP contribution is -2.54. The molecule has 1 fully saturated rings. The van der Waals surface area contributed by atoms with E-state index < -0.39 is 0 Å². The Kier molecular flexibility index (Phi) is 6.24. The van der Waals surface area contributed by atoms with Crippen molar-refractivity contribution in [3.05, 3.63) is 29.3 Å². The number of ether oxygens (including phenoxy) is 1. The first kappa shape index (κ1) is 17.3. The van der Waals surface area contributed by atoms with Crippen molar-refractivity contribution in [2.75, 3.05) is 33.4 Å². The van der Waals surface area contributed by atoms with Crippen molar-refractivity contribution in [2.24, 2.45) is 0 Å². The van der Waals surface area contributed by atoms with Gasteiger partial charge in [0.05, 0.1) is 7.11 Å². The zero-order valence-corrected chi connectivity index (χ0v) is 14.4. The van der Waals surface area contributed by atoms with Crippen LogP contribution in [0.1, 0.15) is 31.4 Å². The van der Waals surface area contributed by atoms with E-state index in [1.165, 1.54) is 11.1 Å². The van der Waals surface area contributed by atoms with Crippen LogP contribution in [0.2, 0.25) is 0 Å². The molecule has 1 heterocycles. The van der Waals surface area contributed by atoms with Gasteiger partial charge in [0.2, 0.25) is 0 Å². The van der Waals surface area contributed by atoms with Crippen molar-refractivity contribution in [1.82, 2.24) is 9.80 Å². The van der Waals surface area contributed by atoms with Crippen LogP contribution >= 0.6 is 0 Å². The minimum atomic E-state index is 0.259. The molecule has 1 aliphatic rings. The van der Waals surface area contributed by atoms with Crippen molar-refractivity contribution >= 4 is 0 Å². The molecule has 0 radical (unpaired) electrons. The van der Waals surface area contributed by atoms with Crippen molar-refractivity contribution in [3.8, 4) is 5.75 Å². The molecule has 0 saturated carbocycles. The third kappa shape index (κ3) is 4.22. The molecule has 0 aliphatic carbocycles. The van der Waals surface area contributed by atoms with Crippen molar-refractivity contribution in [2.45, 2.75) is 45.8 Å². The Hall–Kier alpha value is -1.10. The fraction of sp³-hybridized carbons (Fsp3) is 0.667. The summed E-state index contributed by atoms with van der Waals surface area (Å²) < 4.78 is 5.34. The number of piperazine rings is 1. The van der Waals surface area contributed by atoms with Gasteiger partial charge in [-0.3, -0.25) is 9.80 Å². The van der Waals surface area contributed by atoms with Crippen LogP contribution in [-0.4, -0.2) is 60.3 Å². The highest BCUT2D eigenvalue weighted by molar-refractivity contribution is 5.36. The minimum absolute atomic E-state index is 0.259. The number of methoxy groups -OCH3 is 1. The maximum Gasteiger partial charge on any atom is 0.121 e. The number of aliphatic hydroxyl groups is 1. The predicted molar refractivity (Wildman–Crippen MR) is 90.3 cm³/mol. The zero-order valence-electron chi connectivity index (χ0n) is 14.4. The van der Waals surface area contributed by atoms with Gasteiger partial charge in [0.1, 0.15) is 5.75 Å². The molecule has 0 spiro atoms. The Morgan fingerprint density at radius 3 is 2.68 bits per heavy atom. The average Bonchev–Trinajstić information content (AvgIpc) is 2.49. The monoisotopic (exact) mass is 306 g/mol. The fourth-order valence-electron chi connectivity index (χ4n) is 3.29. The molecule has 1 atom stereocenters. The third-order valence-corrected chi connectivity index (χ3v) is 4.67. The van der Waals surface area contributed by atoms with Gasteiger partial charge in [-0.1, -0.05) is 12.1 Å². The summed E-state index contributed by atoms with van der Waals surface area (Å²) in [7, 11) is 1.71. The Morgan fingerprint density at radius 1 is 1.32 bits per heavy atom. The molecule has 4 heteroatoms. The summed E-state index contributed by atoms with van der Waals surface area (Å²) in [6, 6.07) is 7.42. The molecule has 2 rings (SSSR count). The maximum atomic E-state index is 9.38. The molecule has 1 aliphatic heterocycles. The van der Waals surface area contributed by atoms with Gasteiger partial charge in [-0.05, 0) is 44.4 Å². The number of aryl methyl sites for hydroxylation is 1. The van der Waals surface area contributed by atoms with Crippen molar-refractivity contribution in [3.63, 3.8) is 0 Å². The van der Waals surface area contributed by atoms with E-state index in [0.717, 1.165) is 38.3 Å². The lowest BCUT2D eigenvalue weighted by Gasteiger charge is -2.43. The van der Waals surface area contributed by atoms with Gasteiger partial charge in [-0.15, -0.1) is 0 Å². The molecule has 124 valence electrons. The fourth-order valence-corrected chi connectivity index (χ4v) is 3.29. The van der Waals surface area contributed by atoms with Crippen LogP contribution in [0, 0.1) is 6.92 Å². The third-order valence-electron chi connectivity index (χ3n) is 4.67. The lowest BCUT2D eigenvalue weighted by atomic mass is 10.0. The van der Waals surface area contributed by atoms with Gasteiger partial charge >= 0.3 is 0 Å². The summed E-state index contributed by atoms with van der Waals surface area (Å²) >= 11 is 0. The Bertz CT molecular complexity index is 476. The molecule has 1 N–H and O–H groups in total. The van der Waals surface area contributed by atoms with E-state index in [0.29, 0.717) is 12.1 Å². The molecule has 4 nitrogen and oxygen atoms in total. The van der Waals surface area contributed by atoms with E-state index in [2.05, 4.69) is 48.8 Å². The number of hydrogen-bond donors (Lipinski definition) is 1. The van der Waals surface area contributed by atoms with Gasteiger partial charge in [-0.2, -0.15) is 0 Å². The second-order valence-electron chi connectivity index (χ2n) is 6.53. The SMILES string of the molecule is COc1ccc(CN2CCN(C(C)C)C[C@H]2CCO)cc1C. The summed E-state index contributed by atoms with van der Waals surface area (Å²) in [5.74, 6) is 0.945. The number of aliphatic hydroxyl groups excluding tert-OH is 1. The summed E-state index contributed by atoms with van der Waals surface area (Å²) in [4.78, 5) is 5.02. The number of hydrogen-bond acceptors (Lipinski definition) is 4. The number of benzene rings is 1. The molecule has 0 bridgehead atoms. The topological polar surface area (TPSA) is 35.9 Å². The lowest BCUT2D eigenvalue weighted by molar-refractivity contribution is 0.0389. The van der Waals surface area contributed by atoms with E-state index in [1.54, 1.807) is 7.11 Å². The second kappa shape index (κ2) is 7.95. The van der Waals surface area contributed by atoms with Crippen LogP contribution < -0.4 is 4.74 Å². The molecule has 0 unspecified atom stereocenters. The first-order valence-electron chi connectivity index (χ1n) is 8.27. The van der Waals surface area contributed by atoms with Gasteiger partial charge in [-0.25, -0.2) is 0 Å². The van der Waals surface area contributed by atoms with Crippen LogP contribution in [0.3, 0.4) is 0 Å². The highest BCUT2D eigenvalue weighted by Crippen LogP contribution is 2.22. The average molecular weight is 306 g/mol. The van der Waals surface area contributed by atoms with Crippen LogP contribution in [0.5, 0.6) is 5.75 Å². The Morgan fingerprint density at radius 2 is 2.09 bits per heavy atom. The van der Waals surface area contributed by atoms with E-state index in [1.807, 2.05) is 0 Å². The van der Waals surface area contributed by atoms with Gasteiger partial charge in [0, 0.05) is 44.9 Å². The minimum Gasteiger partial charge on any atom is -0.496 e. The molecule has 0 aromatic heterocycles. The molecular weight excluding hydrogens is 276 g/mol. The maximum absolute atomic E-state index is 9.38. The van der Waals surface area contributed by atoms with Gasteiger partial charge < -0.3 is 9.84 Å². The predicted octanol–water partition coefficient (Wildman–Crippen LogP) is 2.28. The molecule has 0 amide bonds. The normalized spacial score (nSPS) is 20.5. The van der Waals surface area contributed by atoms with Gasteiger partial charge in [0.15, 0.2) is 0 Å². The van der Waals surface area contributed by atoms with Crippen LogP contribution in [0.25, 0.3) is 0 Å². The van der Waals surface area contributed by atoms with E-state index in [4.69, 9.17) is 4.74 Å². The smallest absolute Gasteiger partial charge is 0.121 e. The van der Waals surface area contributed by atoms with E-state index in [9.17, 15) is 5.11 Å². The van der Waals surface area contributed by atoms with E-state index >= 15 is 0 Å². The summed E-state index contributed by atoms with van der Waals surface area (Å²) in [5.41, 5.74) is 2.50. The molecule has 1 aromatic carbocycles. The highest BCUT2D eigenvalue weighted by Gasteiger charge is 2.27. The molecule has 1 saturated heterocycles. The summed E-state index contributed by atoms with van der Waals surface area (Å²) in [6.07, 6.45) is 0.846. The number of rotatable bonds is 6. The summed E-state index contributed by atoms with van der Waals surface area (Å²) in [5, 5.41) is 9.38. The largest absolute Gasteiger partial charge is 0.496 e. The molecule has 1 aromatic rings. The Balaban J connectivity index is 2.05. The standard InChI is InChI=1S/C18H30N2O2/c1-14(2)19-8-9-20(17(13-19)7-10-21)12-16-5-6-18(22-4)15(3)11-16/h5-6,11,14,17,21H,7-10,12-13H2,1-4H3/t17-/m1/s1. The summed E-state index contributed by atoms with van der Waals surface area (Å²) in [6.45, 7) is 11.0. The second-order valence-corrected chi connectivity index (χ2v) is 6.53. The zero-order chi connectivity index (χ0) is 16.1. The van der Waals surface area contributed by atoms with Crippen molar-refractivity contribution in [1.29, 1.82) is 0 Å². The van der Waals surface area contributed by atoms with Gasteiger partial charge in [0.25, 0.3) is 0 Å². The van der Waals surface area contributed by atoms with Crippen molar-refractivity contribution < 1.29 is 9.84 Å². The van der Waals surface area contributed by atoms with Crippen LogP contribution in [0.15, 0.2) is 18.2 Å².